The molecule has 1 saturated heterocycles. The molecule has 1 aromatic rings. The van der Waals surface area contributed by atoms with Gasteiger partial charge in [0, 0.05) is 5.69 Å². The maximum Gasteiger partial charge on any atom is 0.153 e. The average Bonchev–Trinajstić information content (AvgIpc) is 2.42. The summed E-state index contributed by atoms with van der Waals surface area (Å²) in [5.74, 6) is -0.165. The lowest BCUT2D eigenvalue weighted by atomic mass is 9.93. The maximum absolute atomic E-state index is 11.3. The fourth-order valence-electron chi connectivity index (χ4n) is 1.89. The summed E-state index contributed by atoms with van der Waals surface area (Å²) in [5, 5.41) is 10.2. The molecule has 2 rings (SSSR count). The van der Waals surface area contributed by atoms with E-state index in [2.05, 4.69) is 0 Å². The smallest absolute Gasteiger partial charge is 0.153 e. The van der Waals surface area contributed by atoms with Gasteiger partial charge in [0.25, 0.3) is 0 Å². The number of aliphatic hydroxyl groups is 1. The van der Waals surface area contributed by atoms with Crippen molar-refractivity contribution in [2.75, 3.05) is 17.2 Å². The summed E-state index contributed by atoms with van der Waals surface area (Å²) in [6.07, 6.45) is 0.249. The lowest BCUT2D eigenvalue weighted by molar-refractivity contribution is 0.0653. The van der Waals surface area contributed by atoms with Gasteiger partial charge in [0.1, 0.15) is 5.60 Å². The number of benzene rings is 1. The van der Waals surface area contributed by atoms with E-state index in [-0.39, 0.29) is 17.9 Å². The van der Waals surface area contributed by atoms with E-state index >= 15 is 0 Å². The van der Waals surface area contributed by atoms with Gasteiger partial charge in [0.2, 0.25) is 0 Å². The highest BCUT2D eigenvalue weighted by Crippen LogP contribution is 2.33. The molecular formula is C10H13NO3S. The molecule has 1 aromatic carbocycles. The van der Waals surface area contributed by atoms with Crippen molar-refractivity contribution in [3.63, 3.8) is 0 Å². The fraction of sp³-hybridized carbons (Fsp3) is 0.400. The summed E-state index contributed by atoms with van der Waals surface area (Å²) in [7, 11) is -3.11. The molecule has 1 heterocycles. The first-order valence-corrected chi connectivity index (χ1v) is 6.52. The molecule has 1 unspecified atom stereocenters. The molecule has 0 aromatic heterocycles. The van der Waals surface area contributed by atoms with Crippen molar-refractivity contribution in [2.45, 2.75) is 12.0 Å². The van der Waals surface area contributed by atoms with Crippen LogP contribution < -0.4 is 5.73 Å². The third-order valence-electron chi connectivity index (χ3n) is 2.71. The molecule has 0 spiro atoms. The first kappa shape index (κ1) is 10.4. The van der Waals surface area contributed by atoms with E-state index in [4.69, 9.17) is 5.73 Å². The Hall–Kier alpha value is -1.07. The van der Waals surface area contributed by atoms with Crippen LogP contribution >= 0.6 is 0 Å². The highest BCUT2D eigenvalue weighted by atomic mass is 32.2. The van der Waals surface area contributed by atoms with Crippen molar-refractivity contribution in [1.29, 1.82) is 0 Å². The van der Waals surface area contributed by atoms with E-state index in [0.29, 0.717) is 11.3 Å². The van der Waals surface area contributed by atoms with Gasteiger partial charge < -0.3 is 10.8 Å². The van der Waals surface area contributed by atoms with Gasteiger partial charge in [-0.05, 0) is 24.1 Å². The SMILES string of the molecule is Nc1cccc(C2(O)CCS(=O)(=O)C2)c1. The maximum atomic E-state index is 11.3. The van der Waals surface area contributed by atoms with Gasteiger partial charge in [-0.15, -0.1) is 0 Å². The monoisotopic (exact) mass is 227 g/mol. The summed E-state index contributed by atoms with van der Waals surface area (Å²) in [6, 6.07) is 6.75. The van der Waals surface area contributed by atoms with Crippen LogP contribution in [-0.4, -0.2) is 25.0 Å². The highest BCUT2D eigenvalue weighted by Gasteiger charge is 2.41. The van der Waals surface area contributed by atoms with Gasteiger partial charge in [-0.3, -0.25) is 0 Å². The Labute approximate surface area is 88.6 Å². The highest BCUT2D eigenvalue weighted by molar-refractivity contribution is 7.91. The fourth-order valence-corrected chi connectivity index (χ4v) is 3.72. The van der Waals surface area contributed by atoms with Crippen LogP contribution in [0.3, 0.4) is 0 Å². The summed E-state index contributed by atoms with van der Waals surface area (Å²) in [6.45, 7) is 0. The summed E-state index contributed by atoms with van der Waals surface area (Å²) < 4.78 is 22.6. The third kappa shape index (κ3) is 1.98. The molecule has 0 saturated carbocycles. The normalized spacial score (nSPS) is 29.1. The van der Waals surface area contributed by atoms with Crippen molar-refractivity contribution < 1.29 is 13.5 Å². The zero-order valence-electron chi connectivity index (χ0n) is 8.18. The van der Waals surface area contributed by atoms with E-state index in [9.17, 15) is 13.5 Å². The number of hydrogen-bond donors (Lipinski definition) is 2. The van der Waals surface area contributed by atoms with E-state index in [1.807, 2.05) is 0 Å². The third-order valence-corrected chi connectivity index (χ3v) is 4.45. The van der Waals surface area contributed by atoms with Crippen LogP contribution in [0, 0.1) is 0 Å². The molecule has 1 aliphatic rings. The van der Waals surface area contributed by atoms with Crippen molar-refractivity contribution in [2.24, 2.45) is 0 Å². The van der Waals surface area contributed by atoms with Gasteiger partial charge in [0.15, 0.2) is 9.84 Å². The quantitative estimate of drug-likeness (QED) is 0.675. The lowest BCUT2D eigenvalue weighted by Crippen LogP contribution is -2.26. The van der Waals surface area contributed by atoms with Gasteiger partial charge in [-0.25, -0.2) is 8.42 Å². The largest absolute Gasteiger partial charge is 0.399 e. The molecule has 0 aliphatic carbocycles. The van der Waals surface area contributed by atoms with E-state index in [1.54, 1.807) is 24.3 Å². The first-order chi connectivity index (χ1) is 6.91. The van der Waals surface area contributed by atoms with Gasteiger partial charge in [-0.1, -0.05) is 12.1 Å². The summed E-state index contributed by atoms with van der Waals surface area (Å²) in [5.41, 5.74) is 5.46. The minimum absolute atomic E-state index is 0.0400. The summed E-state index contributed by atoms with van der Waals surface area (Å²) in [4.78, 5) is 0. The Balaban J connectivity index is 2.40. The number of nitrogens with two attached hydrogens (primary N) is 1. The van der Waals surface area contributed by atoms with Crippen LogP contribution in [0.1, 0.15) is 12.0 Å². The summed E-state index contributed by atoms with van der Waals surface area (Å²) >= 11 is 0. The lowest BCUT2D eigenvalue weighted by Gasteiger charge is -2.21. The molecule has 4 nitrogen and oxygen atoms in total. The molecule has 1 atom stereocenters. The molecule has 82 valence electrons. The van der Waals surface area contributed by atoms with Crippen molar-refractivity contribution in [3.8, 4) is 0 Å². The predicted octanol–water partition coefficient (Wildman–Crippen LogP) is 0.275. The standard InChI is InChI=1S/C10H13NO3S/c11-9-3-1-2-8(6-9)10(12)4-5-15(13,14)7-10/h1-3,6,12H,4-5,7,11H2. The van der Waals surface area contributed by atoms with Crippen molar-refractivity contribution >= 4 is 15.5 Å². The molecule has 5 heteroatoms. The van der Waals surface area contributed by atoms with E-state index in [0.717, 1.165) is 0 Å². The molecule has 0 radical (unpaired) electrons. The number of hydrogen-bond acceptors (Lipinski definition) is 4. The minimum atomic E-state index is -3.11. The molecular weight excluding hydrogens is 214 g/mol. The molecule has 1 fully saturated rings. The van der Waals surface area contributed by atoms with E-state index < -0.39 is 15.4 Å². The van der Waals surface area contributed by atoms with Crippen molar-refractivity contribution in [1.82, 2.24) is 0 Å². The number of sulfone groups is 1. The van der Waals surface area contributed by atoms with E-state index in [1.165, 1.54) is 0 Å². The van der Waals surface area contributed by atoms with Crippen LogP contribution in [0.4, 0.5) is 5.69 Å². The molecule has 0 bridgehead atoms. The second kappa shape index (κ2) is 3.21. The molecule has 1 aliphatic heterocycles. The Morgan fingerprint density at radius 1 is 1.40 bits per heavy atom. The Bertz CT molecular complexity index is 483. The van der Waals surface area contributed by atoms with Crippen LogP contribution in [0.5, 0.6) is 0 Å². The van der Waals surface area contributed by atoms with Crippen LogP contribution in [-0.2, 0) is 15.4 Å². The molecule has 15 heavy (non-hydrogen) atoms. The van der Waals surface area contributed by atoms with Gasteiger partial charge >= 0.3 is 0 Å². The first-order valence-electron chi connectivity index (χ1n) is 4.70. The number of nitrogen functional groups attached to an aromatic ring is 1. The second-order valence-corrected chi connectivity index (χ2v) is 6.18. The Morgan fingerprint density at radius 2 is 2.13 bits per heavy atom. The van der Waals surface area contributed by atoms with Gasteiger partial charge in [-0.2, -0.15) is 0 Å². The average molecular weight is 227 g/mol. The second-order valence-electron chi connectivity index (χ2n) is 4.00. The number of rotatable bonds is 1. The number of anilines is 1. The zero-order valence-corrected chi connectivity index (χ0v) is 9.00. The van der Waals surface area contributed by atoms with Crippen LogP contribution in [0.15, 0.2) is 24.3 Å². The Kier molecular flexibility index (Phi) is 2.24. The van der Waals surface area contributed by atoms with Crippen LogP contribution in [0.25, 0.3) is 0 Å². The van der Waals surface area contributed by atoms with Gasteiger partial charge in [0.05, 0.1) is 11.5 Å². The molecule has 0 amide bonds. The Morgan fingerprint density at radius 3 is 2.67 bits per heavy atom. The molecule has 3 N–H and O–H groups in total. The predicted molar refractivity (Wildman–Crippen MR) is 58.0 cm³/mol. The zero-order chi connectivity index (χ0) is 11.1. The minimum Gasteiger partial charge on any atom is -0.399 e. The van der Waals surface area contributed by atoms with Crippen molar-refractivity contribution in [3.05, 3.63) is 29.8 Å². The topological polar surface area (TPSA) is 80.4 Å². The van der Waals surface area contributed by atoms with Crippen LogP contribution in [0.2, 0.25) is 0 Å².